The van der Waals surface area contributed by atoms with E-state index in [-0.39, 0.29) is 24.0 Å². The van der Waals surface area contributed by atoms with Crippen molar-refractivity contribution in [2.24, 2.45) is 0 Å². The molecule has 2 aliphatic heterocycles. The van der Waals surface area contributed by atoms with Crippen LogP contribution in [0.4, 0.5) is 18.9 Å². The summed E-state index contributed by atoms with van der Waals surface area (Å²) in [6.07, 6.45) is -1.28. The fourth-order valence-corrected chi connectivity index (χ4v) is 3.99. The maximum Gasteiger partial charge on any atom is 0.417 e. The standard InChI is InChI=1S/C20H26ClF3N4O2/c21-17-5-4-15(12-16(17)20(22,23)24)25-18(29)13-26-8-10-27(11-9-26)14-19(30)28-6-2-1-3-7-28/h4-5,12H,1-3,6-11,13-14H2,(H,25,29). The third-order valence-electron chi connectivity index (χ3n) is 5.46. The zero-order valence-electron chi connectivity index (χ0n) is 16.7. The van der Waals surface area contributed by atoms with Crippen molar-refractivity contribution in [1.29, 1.82) is 0 Å². The number of hydrogen-bond donors (Lipinski definition) is 1. The second kappa shape index (κ2) is 9.98. The van der Waals surface area contributed by atoms with E-state index in [1.807, 2.05) is 9.80 Å². The largest absolute Gasteiger partial charge is 0.417 e. The molecule has 2 aliphatic rings. The molecule has 2 heterocycles. The number of carbonyl (C=O) groups excluding carboxylic acids is 2. The number of alkyl halides is 3. The fraction of sp³-hybridized carbons (Fsp3) is 0.600. The summed E-state index contributed by atoms with van der Waals surface area (Å²) >= 11 is 5.60. The molecule has 0 unspecified atom stereocenters. The van der Waals surface area contributed by atoms with Crippen LogP contribution >= 0.6 is 11.6 Å². The molecule has 0 atom stereocenters. The number of benzene rings is 1. The lowest BCUT2D eigenvalue weighted by Crippen LogP contribution is -2.51. The highest BCUT2D eigenvalue weighted by molar-refractivity contribution is 6.31. The van der Waals surface area contributed by atoms with Gasteiger partial charge in [-0.1, -0.05) is 11.6 Å². The van der Waals surface area contributed by atoms with Crippen LogP contribution in [0.25, 0.3) is 0 Å². The van der Waals surface area contributed by atoms with Gasteiger partial charge in [0.1, 0.15) is 0 Å². The maximum absolute atomic E-state index is 12.9. The molecule has 0 saturated carbocycles. The molecule has 6 nitrogen and oxygen atoms in total. The Morgan fingerprint density at radius 3 is 2.13 bits per heavy atom. The highest BCUT2D eigenvalue weighted by Gasteiger charge is 2.33. The van der Waals surface area contributed by atoms with Crippen molar-refractivity contribution in [3.63, 3.8) is 0 Å². The van der Waals surface area contributed by atoms with Crippen LogP contribution in [0.3, 0.4) is 0 Å². The van der Waals surface area contributed by atoms with Gasteiger partial charge in [-0.25, -0.2) is 0 Å². The van der Waals surface area contributed by atoms with Gasteiger partial charge in [0.05, 0.1) is 23.7 Å². The predicted octanol–water partition coefficient (Wildman–Crippen LogP) is 2.93. The van der Waals surface area contributed by atoms with E-state index in [1.54, 1.807) is 0 Å². The summed E-state index contributed by atoms with van der Waals surface area (Å²) in [5.74, 6) is -0.229. The summed E-state index contributed by atoms with van der Waals surface area (Å²) in [5.41, 5.74) is -0.920. The third kappa shape index (κ3) is 6.33. The summed E-state index contributed by atoms with van der Waals surface area (Å²) in [6.45, 7) is 4.73. The number of anilines is 1. The summed E-state index contributed by atoms with van der Waals surface area (Å²) in [4.78, 5) is 30.6. The van der Waals surface area contributed by atoms with Crippen LogP contribution in [-0.2, 0) is 15.8 Å². The number of nitrogens with one attached hydrogen (secondary N) is 1. The maximum atomic E-state index is 12.9. The number of halogens is 4. The molecule has 1 aromatic rings. The van der Waals surface area contributed by atoms with Gasteiger partial charge in [-0.3, -0.25) is 19.4 Å². The van der Waals surface area contributed by atoms with Gasteiger partial charge in [-0.05, 0) is 37.5 Å². The Bertz CT molecular complexity index is 761. The van der Waals surface area contributed by atoms with Crippen molar-refractivity contribution in [3.8, 4) is 0 Å². The second-order valence-corrected chi connectivity index (χ2v) is 8.14. The molecule has 0 aliphatic carbocycles. The number of rotatable bonds is 5. The van der Waals surface area contributed by atoms with Gasteiger partial charge in [0, 0.05) is 45.0 Å². The van der Waals surface area contributed by atoms with Crippen molar-refractivity contribution in [1.82, 2.24) is 14.7 Å². The quantitative estimate of drug-likeness (QED) is 0.755. The Kier molecular flexibility index (Phi) is 7.60. The molecule has 30 heavy (non-hydrogen) atoms. The Labute approximate surface area is 178 Å². The molecule has 166 valence electrons. The van der Waals surface area contributed by atoms with E-state index < -0.39 is 16.8 Å². The fourth-order valence-electron chi connectivity index (χ4n) is 3.76. The van der Waals surface area contributed by atoms with E-state index in [9.17, 15) is 22.8 Å². The Balaban J connectivity index is 1.43. The normalized spacial score (nSPS) is 19.0. The first kappa shape index (κ1) is 22.8. The van der Waals surface area contributed by atoms with E-state index in [4.69, 9.17) is 11.6 Å². The smallest absolute Gasteiger partial charge is 0.342 e. The van der Waals surface area contributed by atoms with E-state index >= 15 is 0 Å². The molecular formula is C20H26ClF3N4O2. The Morgan fingerprint density at radius 1 is 0.933 bits per heavy atom. The van der Waals surface area contributed by atoms with E-state index in [1.165, 1.54) is 12.5 Å². The average Bonchev–Trinajstić information content (AvgIpc) is 2.70. The zero-order valence-corrected chi connectivity index (χ0v) is 17.4. The number of likely N-dealkylation sites (tertiary alicyclic amines) is 1. The van der Waals surface area contributed by atoms with Gasteiger partial charge in [0.15, 0.2) is 0 Å². The SMILES string of the molecule is O=C(CN1CCN(CC(=O)N2CCCCC2)CC1)Nc1ccc(Cl)c(C(F)(F)F)c1. The van der Waals surface area contributed by atoms with Crippen molar-refractivity contribution >= 4 is 29.1 Å². The van der Waals surface area contributed by atoms with Crippen LogP contribution < -0.4 is 5.32 Å². The van der Waals surface area contributed by atoms with Gasteiger partial charge in [-0.15, -0.1) is 0 Å². The topological polar surface area (TPSA) is 55.9 Å². The van der Waals surface area contributed by atoms with Gasteiger partial charge >= 0.3 is 6.18 Å². The lowest BCUT2D eigenvalue weighted by Gasteiger charge is -2.35. The first-order chi connectivity index (χ1) is 14.2. The number of piperazine rings is 1. The first-order valence-electron chi connectivity index (χ1n) is 10.1. The molecule has 3 rings (SSSR count). The molecular weight excluding hydrogens is 421 g/mol. The molecule has 10 heteroatoms. The van der Waals surface area contributed by atoms with Gasteiger partial charge in [0.2, 0.25) is 11.8 Å². The summed E-state index contributed by atoms with van der Waals surface area (Å²) in [7, 11) is 0. The van der Waals surface area contributed by atoms with Crippen LogP contribution in [-0.4, -0.2) is 78.9 Å². The Hall–Kier alpha value is -1.84. The monoisotopic (exact) mass is 446 g/mol. The summed E-state index contributed by atoms with van der Waals surface area (Å²) < 4.78 is 38.8. The van der Waals surface area contributed by atoms with Crippen LogP contribution in [0.15, 0.2) is 18.2 Å². The van der Waals surface area contributed by atoms with Crippen molar-refractivity contribution < 1.29 is 22.8 Å². The molecule has 0 bridgehead atoms. The van der Waals surface area contributed by atoms with Gasteiger partial charge in [-0.2, -0.15) is 13.2 Å². The molecule has 2 saturated heterocycles. The van der Waals surface area contributed by atoms with Crippen LogP contribution in [0.5, 0.6) is 0 Å². The second-order valence-electron chi connectivity index (χ2n) is 7.73. The average molecular weight is 447 g/mol. The molecule has 0 radical (unpaired) electrons. The van der Waals surface area contributed by atoms with Gasteiger partial charge < -0.3 is 10.2 Å². The highest BCUT2D eigenvalue weighted by Crippen LogP contribution is 2.36. The molecule has 1 aromatic carbocycles. The minimum atomic E-state index is -4.58. The van der Waals surface area contributed by atoms with Crippen molar-refractivity contribution in [3.05, 3.63) is 28.8 Å². The van der Waals surface area contributed by atoms with E-state index in [2.05, 4.69) is 10.2 Å². The number of nitrogens with zero attached hydrogens (tertiary/aromatic N) is 3. The predicted molar refractivity (Wildman–Crippen MR) is 108 cm³/mol. The van der Waals surface area contributed by atoms with Crippen molar-refractivity contribution in [2.45, 2.75) is 25.4 Å². The minimum absolute atomic E-state index is 0.0579. The number of piperidine rings is 1. The van der Waals surface area contributed by atoms with Gasteiger partial charge in [0.25, 0.3) is 0 Å². The number of amides is 2. The third-order valence-corrected chi connectivity index (χ3v) is 5.78. The molecule has 0 aromatic heterocycles. The Morgan fingerprint density at radius 2 is 1.53 bits per heavy atom. The molecule has 1 N–H and O–H groups in total. The number of carbonyl (C=O) groups is 2. The summed E-state index contributed by atoms with van der Waals surface area (Å²) in [6, 6.07) is 3.31. The zero-order chi connectivity index (χ0) is 21.7. The minimum Gasteiger partial charge on any atom is -0.342 e. The highest BCUT2D eigenvalue weighted by atomic mass is 35.5. The lowest BCUT2D eigenvalue weighted by molar-refractivity contribution is -0.137. The molecule has 0 spiro atoms. The number of hydrogen-bond acceptors (Lipinski definition) is 4. The lowest BCUT2D eigenvalue weighted by atomic mass is 10.1. The van der Waals surface area contributed by atoms with Crippen molar-refractivity contribution in [2.75, 3.05) is 57.7 Å². The summed E-state index contributed by atoms with van der Waals surface area (Å²) in [5, 5.41) is 2.09. The van der Waals surface area contributed by atoms with Crippen LogP contribution in [0.1, 0.15) is 24.8 Å². The van der Waals surface area contributed by atoms with E-state index in [0.29, 0.717) is 32.7 Å². The first-order valence-corrected chi connectivity index (χ1v) is 10.5. The van der Waals surface area contributed by atoms with Crippen LogP contribution in [0.2, 0.25) is 5.02 Å². The molecule has 2 fully saturated rings. The van der Waals surface area contributed by atoms with E-state index in [0.717, 1.165) is 38.1 Å². The van der Waals surface area contributed by atoms with Crippen LogP contribution in [0, 0.1) is 0 Å². The molecule has 2 amide bonds.